The summed E-state index contributed by atoms with van der Waals surface area (Å²) >= 11 is 0. The van der Waals surface area contributed by atoms with E-state index in [-0.39, 0.29) is 11.5 Å². The Labute approximate surface area is 179 Å². The highest BCUT2D eigenvalue weighted by Gasteiger charge is 2.12. The molecule has 0 aliphatic heterocycles. The van der Waals surface area contributed by atoms with Crippen molar-refractivity contribution in [3.8, 4) is 34.5 Å². The van der Waals surface area contributed by atoms with Crippen molar-refractivity contribution in [3.05, 3.63) is 60.7 Å². The lowest BCUT2D eigenvalue weighted by Gasteiger charge is -2.12. The van der Waals surface area contributed by atoms with Gasteiger partial charge in [-0.25, -0.2) is 0 Å². The van der Waals surface area contributed by atoms with Crippen molar-refractivity contribution in [1.29, 1.82) is 0 Å². The minimum Gasteiger partial charge on any atom is -0.502 e. The van der Waals surface area contributed by atoms with E-state index in [0.29, 0.717) is 42.6 Å². The molecule has 30 heavy (non-hydrogen) atoms. The normalized spacial score (nSPS) is 9.73. The Kier molecular flexibility index (Phi) is 10.8. The maximum absolute atomic E-state index is 9.87. The summed E-state index contributed by atoms with van der Waals surface area (Å²) < 4.78 is 20.7. The van der Waals surface area contributed by atoms with Crippen molar-refractivity contribution in [2.75, 3.05) is 27.4 Å². The highest BCUT2D eigenvalue weighted by molar-refractivity contribution is 5.53. The van der Waals surface area contributed by atoms with Crippen molar-refractivity contribution in [3.63, 3.8) is 0 Å². The molecule has 0 atom stereocenters. The van der Waals surface area contributed by atoms with Crippen molar-refractivity contribution in [2.24, 2.45) is 0 Å². The Bertz CT molecular complexity index is 776. The topological polar surface area (TPSA) is 77.4 Å². The first-order valence-electron chi connectivity index (χ1n) is 9.72. The predicted octanol–water partition coefficient (Wildman–Crippen LogP) is 5.06. The number of phenolic OH excluding ortho intramolecular Hbond substituents is 2. The van der Waals surface area contributed by atoms with Gasteiger partial charge in [-0.1, -0.05) is 12.2 Å². The summed E-state index contributed by atoms with van der Waals surface area (Å²) in [6, 6.07) is 7.14. The first-order valence-corrected chi connectivity index (χ1v) is 9.72. The van der Waals surface area contributed by atoms with Gasteiger partial charge in [-0.2, -0.15) is 0 Å². The van der Waals surface area contributed by atoms with E-state index >= 15 is 0 Å². The fourth-order valence-corrected chi connectivity index (χ4v) is 2.68. The fraction of sp³-hybridized carbons (Fsp3) is 0.333. The molecule has 0 fully saturated rings. The molecule has 0 radical (unpaired) electrons. The van der Waals surface area contributed by atoms with Gasteiger partial charge in [-0.15, -0.1) is 13.2 Å². The minimum atomic E-state index is 0.0304. The van der Waals surface area contributed by atoms with E-state index < -0.39 is 0 Å². The van der Waals surface area contributed by atoms with Crippen LogP contribution in [-0.4, -0.2) is 37.6 Å². The van der Waals surface area contributed by atoms with E-state index in [4.69, 9.17) is 18.9 Å². The molecule has 0 bridgehead atoms. The van der Waals surface area contributed by atoms with E-state index in [9.17, 15) is 10.2 Å². The Hall–Kier alpha value is -3.28. The van der Waals surface area contributed by atoms with Crippen LogP contribution in [0.1, 0.15) is 25.0 Å². The van der Waals surface area contributed by atoms with Crippen LogP contribution in [0.25, 0.3) is 0 Å². The van der Waals surface area contributed by atoms with Crippen LogP contribution >= 0.6 is 0 Å². The van der Waals surface area contributed by atoms with Crippen LogP contribution in [0.5, 0.6) is 34.5 Å². The second kappa shape index (κ2) is 13.0. The van der Waals surface area contributed by atoms with Crippen molar-refractivity contribution < 1.29 is 29.2 Å². The highest BCUT2D eigenvalue weighted by atomic mass is 16.5. The van der Waals surface area contributed by atoms with Gasteiger partial charge in [0, 0.05) is 0 Å². The van der Waals surface area contributed by atoms with Gasteiger partial charge in [0.2, 0.25) is 11.5 Å². The third-order valence-electron chi connectivity index (χ3n) is 4.00. The molecule has 0 aliphatic rings. The molecule has 2 aromatic rings. The van der Waals surface area contributed by atoms with Crippen molar-refractivity contribution in [1.82, 2.24) is 0 Å². The Morgan fingerprint density at radius 3 is 1.33 bits per heavy atom. The van der Waals surface area contributed by atoms with E-state index in [1.165, 1.54) is 14.2 Å². The number of ether oxygens (including phenoxy) is 4. The third-order valence-corrected chi connectivity index (χ3v) is 4.00. The van der Waals surface area contributed by atoms with Gasteiger partial charge in [0.15, 0.2) is 23.0 Å². The summed E-state index contributed by atoms with van der Waals surface area (Å²) in [4.78, 5) is 0. The Balaban J connectivity index is 0.000000303. The van der Waals surface area contributed by atoms with Crippen LogP contribution in [0.15, 0.2) is 49.6 Å². The molecule has 0 saturated heterocycles. The third kappa shape index (κ3) is 6.95. The standard InChI is InChI=1S/C13H18O3.C11H14O3/c1-4-7-10-8-11(15-5-2)13(14)12(9-10)16-6-3;1-4-5-8-6-9(13-2)11(12)10(7-8)14-3/h4,8-9,14H,1,5-7H2,2-3H3;4,6-7,12H,1,5H2,2-3H3. The zero-order chi connectivity index (χ0) is 22.5. The molecule has 2 N–H and O–H groups in total. The molecular formula is C24H32O6. The maximum Gasteiger partial charge on any atom is 0.200 e. The summed E-state index contributed by atoms with van der Waals surface area (Å²) in [5.74, 6) is 1.86. The van der Waals surface area contributed by atoms with Crippen LogP contribution in [-0.2, 0) is 12.8 Å². The van der Waals surface area contributed by atoms with Gasteiger partial charge in [-0.3, -0.25) is 0 Å². The number of rotatable bonds is 10. The van der Waals surface area contributed by atoms with Crippen molar-refractivity contribution >= 4 is 0 Å². The Morgan fingerprint density at radius 1 is 0.700 bits per heavy atom. The number of hydrogen-bond donors (Lipinski definition) is 2. The van der Waals surface area contributed by atoms with Gasteiger partial charge in [0.1, 0.15) is 0 Å². The molecule has 2 aromatic carbocycles. The lowest BCUT2D eigenvalue weighted by atomic mass is 10.1. The quantitative estimate of drug-likeness (QED) is 0.528. The first kappa shape index (κ1) is 24.8. The first-order chi connectivity index (χ1) is 14.4. The average Bonchev–Trinajstić information content (AvgIpc) is 2.73. The number of hydrogen-bond acceptors (Lipinski definition) is 6. The molecule has 0 amide bonds. The summed E-state index contributed by atoms with van der Waals surface area (Å²) in [7, 11) is 3.01. The predicted molar refractivity (Wildman–Crippen MR) is 119 cm³/mol. The lowest BCUT2D eigenvalue weighted by molar-refractivity contribution is 0.289. The van der Waals surface area contributed by atoms with Crippen LogP contribution in [0.3, 0.4) is 0 Å². The Morgan fingerprint density at radius 2 is 1.03 bits per heavy atom. The summed E-state index contributed by atoms with van der Waals surface area (Å²) in [6.45, 7) is 12.1. The van der Waals surface area contributed by atoms with Crippen LogP contribution in [0.2, 0.25) is 0 Å². The number of phenols is 2. The minimum absolute atomic E-state index is 0.0304. The van der Waals surface area contributed by atoms with Gasteiger partial charge in [0.05, 0.1) is 27.4 Å². The number of benzene rings is 2. The molecule has 0 saturated carbocycles. The van der Waals surface area contributed by atoms with Crippen LogP contribution in [0.4, 0.5) is 0 Å². The van der Waals surface area contributed by atoms with Gasteiger partial charge >= 0.3 is 0 Å². The molecule has 2 rings (SSSR count). The van der Waals surface area contributed by atoms with Crippen LogP contribution in [0, 0.1) is 0 Å². The van der Waals surface area contributed by atoms with E-state index in [1.807, 2.05) is 26.0 Å². The van der Waals surface area contributed by atoms with E-state index in [2.05, 4.69) is 13.2 Å². The number of allylic oxidation sites excluding steroid dienone is 2. The van der Waals surface area contributed by atoms with E-state index in [0.717, 1.165) is 17.5 Å². The number of aromatic hydroxyl groups is 2. The van der Waals surface area contributed by atoms with Crippen molar-refractivity contribution in [2.45, 2.75) is 26.7 Å². The van der Waals surface area contributed by atoms with Gasteiger partial charge in [-0.05, 0) is 62.1 Å². The van der Waals surface area contributed by atoms with E-state index in [1.54, 1.807) is 24.3 Å². The molecule has 6 nitrogen and oxygen atoms in total. The monoisotopic (exact) mass is 416 g/mol. The van der Waals surface area contributed by atoms with Gasteiger partial charge in [0.25, 0.3) is 0 Å². The molecule has 0 aliphatic carbocycles. The molecular weight excluding hydrogens is 384 g/mol. The summed E-state index contributed by atoms with van der Waals surface area (Å²) in [6.07, 6.45) is 5.02. The van der Waals surface area contributed by atoms with Gasteiger partial charge < -0.3 is 29.2 Å². The fourth-order valence-electron chi connectivity index (χ4n) is 2.68. The summed E-state index contributed by atoms with van der Waals surface area (Å²) in [5.41, 5.74) is 2.01. The molecule has 0 unspecified atom stereocenters. The average molecular weight is 417 g/mol. The second-order valence-corrected chi connectivity index (χ2v) is 6.14. The highest BCUT2D eigenvalue weighted by Crippen LogP contribution is 2.38. The zero-order valence-corrected chi connectivity index (χ0v) is 18.2. The maximum atomic E-state index is 9.87. The number of methoxy groups -OCH3 is 2. The zero-order valence-electron chi connectivity index (χ0n) is 18.2. The smallest absolute Gasteiger partial charge is 0.200 e. The molecule has 164 valence electrons. The summed E-state index contributed by atoms with van der Waals surface area (Å²) in [5, 5.41) is 19.5. The lowest BCUT2D eigenvalue weighted by Crippen LogP contribution is -1.98. The largest absolute Gasteiger partial charge is 0.502 e. The molecule has 0 spiro atoms. The van der Waals surface area contributed by atoms with Crippen LogP contribution < -0.4 is 18.9 Å². The molecule has 0 aromatic heterocycles. The molecule has 0 heterocycles. The SMILES string of the molecule is C=CCc1cc(OC)c(O)c(OC)c1.C=CCc1cc(OCC)c(O)c(OCC)c1. The molecule has 6 heteroatoms. The second-order valence-electron chi connectivity index (χ2n) is 6.14.